The van der Waals surface area contributed by atoms with Crippen molar-refractivity contribution in [2.24, 2.45) is 0 Å². The van der Waals surface area contributed by atoms with Crippen LogP contribution in [-0.2, 0) is 0 Å². The van der Waals surface area contributed by atoms with Crippen LogP contribution in [0.1, 0.15) is 46.0 Å². The number of anilines is 1. The molecule has 1 aromatic heterocycles. The highest BCUT2D eigenvalue weighted by atomic mass is 35.5. The third-order valence-corrected chi connectivity index (χ3v) is 3.83. The summed E-state index contributed by atoms with van der Waals surface area (Å²) in [4.78, 5) is 4.37. The van der Waals surface area contributed by atoms with Crippen LogP contribution in [0.2, 0.25) is 5.02 Å². The van der Waals surface area contributed by atoms with Gasteiger partial charge in [0.05, 0.1) is 5.52 Å². The van der Waals surface area contributed by atoms with Crippen molar-refractivity contribution >= 4 is 28.2 Å². The zero-order valence-electron chi connectivity index (χ0n) is 12.3. The number of benzene rings is 1. The molecule has 0 amide bonds. The smallest absolute Gasteiger partial charge is 0.0737 e. The van der Waals surface area contributed by atoms with E-state index in [9.17, 15) is 0 Å². The predicted octanol–water partition coefficient (Wildman–Crippen LogP) is 5.66. The van der Waals surface area contributed by atoms with E-state index in [-0.39, 0.29) is 0 Å². The molecule has 0 aliphatic rings. The molecule has 1 N–H and O–H groups in total. The quantitative estimate of drug-likeness (QED) is 0.666. The summed E-state index contributed by atoms with van der Waals surface area (Å²) in [5, 5.41) is 5.47. The van der Waals surface area contributed by atoms with Gasteiger partial charge in [-0.05, 0) is 37.6 Å². The van der Waals surface area contributed by atoms with E-state index >= 15 is 0 Å². The first kappa shape index (κ1) is 15.1. The van der Waals surface area contributed by atoms with Crippen LogP contribution in [0.15, 0.2) is 30.5 Å². The normalized spacial score (nSPS) is 12.6. The molecule has 0 aliphatic carbocycles. The lowest BCUT2D eigenvalue weighted by Gasteiger charge is -2.16. The van der Waals surface area contributed by atoms with E-state index in [1.54, 1.807) is 0 Å². The minimum Gasteiger partial charge on any atom is -0.382 e. The highest BCUT2D eigenvalue weighted by Gasteiger charge is 2.06. The van der Waals surface area contributed by atoms with Gasteiger partial charge in [-0.3, -0.25) is 4.98 Å². The molecule has 0 saturated heterocycles. The summed E-state index contributed by atoms with van der Waals surface area (Å²) in [6.45, 7) is 4.49. The topological polar surface area (TPSA) is 24.9 Å². The molecular weight excluding hydrogens is 268 g/mol. The molecule has 20 heavy (non-hydrogen) atoms. The first-order chi connectivity index (χ1) is 9.70. The van der Waals surface area contributed by atoms with Gasteiger partial charge in [-0.15, -0.1) is 0 Å². The number of nitrogens with zero attached hydrogens (tertiary/aromatic N) is 1. The van der Waals surface area contributed by atoms with Gasteiger partial charge in [0.1, 0.15) is 0 Å². The van der Waals surface area contributed by atoms with Crippen molar-refractivity contribution in [3.8, 4) is 0 Å². The van der Waals surface area contributed by atoms with Crippen molar-refractivity contribution in [3.05, 3.63) is 35.5 Å². The Morgan fingerprint density at radius 2 is 2.05 bits per heavy atom. The first-order valence-electron chi connectivity index (χ1n) is 7.51. The van der Waals surface area contributed by atoms with Crippen LogP contribution in [0.5, 0.6) is 0 Å². The average Bonchev–Trinajstić information content (AvgIpc) is 2.43. The van der Waals surface area contributed by atoms with Crippen molar-refractivity contribution in [3.63, 3.8) is 0 Å². The zero-order valence-corrected chi connectivity index (χ0v) is 13.1. The molecular formula is C17H23ClN2. The minimum absolute atomic E-state index is 0.480. The third-order valence-electron chi connectivity index (χ3n) is 3.60. The van der Waals surface area contributed by atoms with E-state index in [0.717, 1.165) is 21.6 Å². The van der Waals surface area contributed by atoms with E-state index in [4.69, 9.17) is 11.6 Å². The maximum atomic E-state index is 6.01. The summed E-state index contributed by atoms with van der Waals surface area (Å²) >= 11 is 6.01. The van der Waals surface area contributed by atoms with E-state index < -0.39 is 0 Å². The summed E-state index contributed by atoms with van der Waals surface area (Å²) in [6, 6.07) is 8.39. The largest absolute Gasteiger partial charge is 0.382 e. The standard InChI is InChI=1S/C17H23ClN2/c1-3-4-5-6-7-13(2)20-16-10-11-19-17-12-14(18)8-9-15(16)17/h8-13H,3-7H2,1-2H3,(H,19,20). The average molecular weight is 291 g/mol. The minimum atomic E-state index is 0.480. The predicted molar refractivity (Wildman–Crippen MR) is 88.6 cm³/mol. The van der Waals surface area contributed by atoms with Gasteiger partial charge in [0.15, 0.2) is 0 Å². The Morgan fingerprint density at radius 1 is 1.20 bits per heavy atom. The molecule has 0 fully saturated rings. The van der Waals surface area contributed by atoms with Crippen LogP contribution in [0.25, 0.3) is 10.9 Å². The Kier molecular flexibility index (Phi) is 5.66. The van der Waals surface area contributed by atoms with Gasteiger partial charge in [0.25, 0.3) is 0 Å². The number of hydrogen-bond donors (Lipinski definition) is 1. The monoisotopic (exact) mass is 290 g/mol. The highest BCUT2D eigenvalue weighted by Crippen LogP contribution is 2.25. The SMILES string of the molecule is CCCCCCC(C)Nc1ccnc2cc(Cl)ccc12. The molecule has 1 atom stereocenters. The summed E-state index contributed by atoms with van der Waals surface area (Å²) < 4.78 is 0. The van der Waals surface area contributed by atoms with Crippen molar-refractivity contribution in [1.82, 2.24) is 4.98 Å². The van der Waals surface area contributed by atoms with Crippen LogP contribution in [-0.4, -0.2) is 11.0 Å². The molecule has 1 aromatic carbocycles. The number of nitrogens with one attached hydrogen (secondary N) is 1. The van der Waals surface area contributed by atoms with Gasteiger partial charge in [-0.2, -0.15) is 0 Å². The molecule has 0 aliphatic heterocycles. The number of fused-ring (bicyclic) bond motifs is 1. The van der Waals surface area contributed by atoms with E-state index in [1.807, 2.05) is 30.5 Å². The Labute approximate surface area is 126 Å². The maximum Gasteiger partial charge on any atom is 0.0737 e. The number of unbranched alkanes of at least 4 members (excludes halogenated alkanes) is 3. The third kappa shape index (κ3) is 4.11. The van der Waals surface area contributed by atoms with E-state index in [2.05, 4.69) is 24.1 Å². The summed E-state index contributed by atoms with van der Waals surface area (Å²) in [6.07, 6.45) is 8.29. The van der Waals surface area contributed by atoms with Crippen molar-refractivity contribution in [1.29, 1.82) is 0 Å². The zero-order chi connectivity index (χ0) is 14.4. The Balaban J connectivity index is 2.02. The number of aromatic nitrogens is 1. The molecule has 0 spiro atoms. The lowest BCUT2D eigenvalue weighted by molar-refractivity contribution is 0.594. The molecule has 1 unspecified atom stereocenters. The Morgan fingerprint density at radius 3 is 2.85 bits per heavy atom. The molecule has 0 saturated carbocycles. The van der Waals surface area contributed by atoms with Crippen LogP contribution in [0.3, 0.4) is 0 Å². The number of halogens is 1. The highest BCUT2D eigenvalue weighted by molar-refractivity contribution is 6.31. The van der Waals surface area contributed by atoms with Gasteiger partial charge in [-0.1, -0.05) is 44.2 Å². The van der Waals surface area contributed by atoms with Crippen molar-refractivity contribution < 1.29 is 0 Å². The van der Waals surface area contributed by atoms with Crippen molar-refractivity contribution in [2.45, 2.75) is 52.0 Å². The fourth-order valence-electron chi connectivity index (χ4n) is 2.46. The lowest BCUT2D eigenvalue weighted by Crippen LogP contribution is -2.15. The Bertz CT molecular complexity index is 554. The van der Waals surface area contributed by atoms with Crippen LogP contribution in [0.4, 0.5) is 5.69 Å². The Hall–Kier alpha value is -1.28. The van der Waals surface area contributed by atoms with E-state index in [1.165, 1.54) is 32.1 Å². The van der Waals surface area contributed by atoms with Crippen LogP contribution < -0.4 is 5.32 Å². The fraction of sp³-hybridized carbons (Fsp3) is 0.471. The van der Waals surface area contributed by atoms with Crippen molar-refractivity contribution in [2.75, 3.05) is 5.32 Å². The maximum absolute atomic E-state index is 6.01. The summed E-state index contributed by atoms with van der Waals surface area (Å²) in [5.74, 6) is 0. The molecule has 0 bridgehead atoms. The fourth-order valence-corrected chi connectivity index (χ4v) is 2.63. The van der Waals surface area contributed by atoms with Gasteiger partial charge in [0, 0.05) is 28.3 Å². The molecule has 0 radical (unpaired) electrons. The molecule has 108 valence electrons. The van der Waals surface area contributed by atoms with Gasteiger partial charge >= 0.3 is 0 Å². The molecule has 2 aromatic rings. The number of hydrogen-bond acceptors (Lipinski definition) is 2. The second-order valence-electron chi connectivity index (χ2n) is 5.41. The van der Waals surface area contributed by atoms with Crippen LogP contribution >= 0.6 is 11.6 Å². The van der Waals surface area contributed by atoms with Crippen LogP contribution in [0, 0.1) is 0 Å². The first-order valence-corrected chi connectivity index (χ1v) is 7.89. The summed E-state index contributed by atoms with van der Waals surface area (Å²) in [5.41, 5.74) is 2.09. The van der Waals surface area contributed by atoms with Gasteiger partial charge < -0.3 is 5.32 Å². The number of pyridine rings is 1. The van der Waals surface area contributed by atoms with E-state index in [0.29, 0.717) is 6.04 Å². The molecule has 2 nitrogen and oxygen atoms in total. The van der Waals surface area contributed by atoms with Gasteiger partial charge in [-0.25, -0.2) is 0 Å². The second-order valence-corrected chi connectivity index (χ2v) is 5.85. The molecule has 2 rings (SSSR count). The van der Waals surface area contributed by atoms with Gasteiger partial charge in [0.2, 0.25) is 0 Å². The lowest BCUT2D eigenvalue weighted by atomic mass is 10.1. The summed E-state index contributed by atoms with van der Waals surface area (Å²) in [7, 11) is 0. The molecule has 1 heterocycles. The second kappa shape index (κ2) is 7.49. The molecule has 3 heteroatoms. The number of rotatable bonds is 7.